The molecule has 7 heteroatoms. The molecule has 32 heavy (non-hydrogen) atoms. The second kappa shape index (κ2) is 8.70. The molecule has 0 aliphatic heterocycles. The van der Waals surface area contributed by atoms with Crippen LogP contribution < -0.4 is 9.47 Å². The lowest BCUT2D eigenvalue weighted by atomic mass is 9.99. The van der Waals surface area contributed by atoms with Gasteiger partial charge in [0.15, 0.2) is 0 Å². The summed E-state index contributed by atoms with van der Waals surface area (Å²) in [5.74, 6) is 0.631. The quantitative estimate of drug-likeness (QED) is 0.267. The topological polar surface area (TPSA) is 48.4 Å². The fourth-order valence-electron chi connectivity index (χ4n) is 3.40. The van der Waals surface area contributed by atoms with E-state index >= 15 is 0 Å². The highest BCUT2D eigenvalue weighted by molar-refractivity contribution is 5.96. The van der Waals surface area contributed by atoms with E-state index in [9.17, 15) is 18.0 Å². The number of halogens is 3. The van der Waals surface area contributed by atoms with Crippen LogP contribution in [0.25, 0.3) is 22.0 Å². The van der Waals surface area contributed by atoms with E-state index in [0.717, 1.165) is 17.2 Å². The van der Waals surface area contributed by atoms with Crippen molar-refractivity contribution in [2.75, 3.05) is 0 Å². The van der Waals surface area contributed by atoms with Gasteiger partial charge in [-0.1, -0.05) is 36.4 Å². The SMILES string of the molecule is CC(=O)Oc1ccc(COc2cccc(-c3ccnc4c(C(F)(F)F)cccc34)c2)cc1. The van der Waals surface area contributed by atoms with Crippen LogP contribution in [0.4, 0.5) is 13.2 Å². The molecule has 0 amide bonds. The Hall–Kier alpha value is -3.87. The number of aromatic nitrogens is 1. The second-order valence-corrected chi connectivity index (χ2v) is 7.11. The first-order chi connectivity index (χ1) is 15.3. The van der Waals surface area contributed by atoms with Crippen LogP contribution in [-0.4, -0.2) is 11.0 Å². The van der Waals surface area contributed by atoms with Gasteiger partial charge in [0.05, 0.1) is 11.1 Å². The predicted octanol–water partition coefficient (Wildman–Crippen LogP) is 6.42. The number of esters is 1. The Morgan fingerprint density at radius 1 is 0.938 bits per heavy atom. The Morgan fingerprint density at radius 3 is 2.41 bits per heavy atom. The van der Waals surface area contributed by atoms with Crippen molar-refractivity contribution in [2.45, 2.75) is 19.7 Å². The standard InChI is InChI=1S/C25H18F3NO3/c1-16(30)32-19-10-8-17(9-11-19)15-31-20-5-2-4-18(14-20)21-12-13-29-24-22(21)6-3-7-23(24)25(26,27)28/h2-14H,15H2,1H3. The van der Waals surface area contributed by atoms with Gasteiger partial charge in [-0.05, 0) is 53.1 Å². The Morgan fingerprint density at radius 2 is 1.69 bits per heavy atom. The summed E-state index contributed by atoms with van der Waals surface area (Å²) in [6.07, 6.45) is -3.10. The first kappa shape index (κ1) is 21.4. The molecule has 1 heterocycles. The van der Waals surface area contributed by atoms with Crippen LogP contribution in [0, 0.1) is 0 Å². The Bertz CT molecular complexity index is 1270. The van der Waals surface area contributed by atoms with Crippen LogP contribution in [-0.2, 0) is 17.6 Å². The summed E-state index contributed by atoms with van der Waals surface area (Å²) >= 11 is 0. The number of hydrogen-bond donors (Lipinski definition) is 0. The molecule has 0 saturated carbocycles. The molecule has 4 nitrogen and oxygen atoms in total. The third-order valence-electron chi connectivity index (χ3n) is 4.81. The molecule has 3 aromatic carbocycles. The average molecular weight is 437 g/mol. The maximum absolute atomic E-state index is 13.4. The summed E-state index contributed by atoms with van der Waals surface area (Å²) < 4.78 is 51.0. The number of benzene rings is 3. The van der Waals surface area contributed by atoms with Crippen molar-refractivity contribution in [3.63, 3.8) is 0 Å². The summed E-state index contributed by atoms with van der Waals surface area (Å²) in [6.45, 7) is 1.61. The van der Waals surface area contributed by atoms with Crippen molar-refractivity contribution in [3.8, 4) is 22.6 Å². The highest BCUT2D eigenvalue weighted by Gasteiger charge is 2.33. The Labute approximate surface area is 182 Å². The van der Waals surface area contributed by atoms with Crippen molar-refractivity contribution >= 4 is 16.9 Å². The largest absolute Gasteiger partial charge is 0.489 e. The molecule has 0 saturated heterocycles. The van der Waals surface area contributed by atoms with Crippen LogP contribution in [0.5, 0.6) is 11.5 Å². The van der Waals surface area contributed by atoms with Gasteiger partial charge in [-0.2, -0.15) is 13.2 Å². The zero-order valence-corrected chi connectivity index (χ0v) is 17.0. The van der Waals surface area contributed by atoms with E-state index < -0.39 is 17.7 Å². The van der Waals surface area contributed by atoms with E-state index in [2.05, 4.69) is 4.98 Å². The van der Waals surface area contributed by atoms with Crippen LogP contribution in [0.3, 0.4) is 0 Å². The van der Waals surface area contributed by atoms with E-state index in [1.807, 2.05) is 6.07 Å². The van der Waals surface area contributed by atoms with Gasteiger partial charge in [0.1, 0.15) is 18.1 Å². The number of ether oxygens (including phenoxy) is 2. The molecule has 0 N–H and O–H groups in total. The van der Waals surface area contributed by atoms with Crippen molar-refractivity contribution in [1.29, 1.82) is 0 Å². The van der Waals surface area contributed by atoms with Gasteiger partial charge in [0, 0.05) is 18.5 Å². The predicted molar refractivity (Wildman–Crippen MR) is 114 cm³/mol. The van der Waals surface area contributed by atoms with E-state index in [-0.39, 0.29) is 12.1 Å². The Balaban J connectivity index is 1.58. The van der Waals surface area contributed by atoms with E-state index in [4.69, 9.17) is 9.47 Å². The van der Waals surface area contributed by atoms with Crippen LogP contribution in [0.1, 0.15) is 18.1 Å². The van der Waals surface area contributed by atoms with Gasteiger partial charge in [-0.25, -0.2) is 0 Å². The van der Waals surface area contributed by atoms with Crippen LogP contribution in [0.2, 0.25) is 0 Å². The molecule has 162 valence electrons. The normalized spacial score (nSPS) is 11.4. The number of para-hydroxylation sites is 1. The molecule has 0 aliphatic carbocycles. The molecule has 4 aromatic rings. The number of rotatable bonds is 5. The molecule has 0 aliphatic rings. The lowest BCUT2D eigenvalue weighted by molar-refractivity contribution is -0.136. The molecule has 0 atom stereocenters. The van der Waals surface area contributed by atoms with Gasteiger partial charge in [0.25, 0.3) is 0 Å². The molecular formula is C25H18F3NO3. The fourth-order valence-corrected chi connectivity index (χ4v) is 3.40. The molecular weight excluding hydrogens is 419 g/mol. The van der Waals surface area contributed by atoms with Gasteiger partial charge < -0.3 is 9.47 Å². The first-order valence-corrected chi connectivity index (χ1v) is 9.77. The van der Waals surface area contributed by atoms with Crippen molar-refractivity contribution in [3.05, 3.63) is 90.1 Å². The second-order valence-electron chi connectivity index (χ2n) is 7.11. The van der Waals surface area contributed by atoms with Gasteiger partial charge in [-0.15, -0.1) is 0 Å². The summed E-state index contributed by atoms with van der Waals surface area (Å²) in [6, 6.07) is 19.8. The lowest BCUT2D eigenvalue weighted by Crippen LogP contribution is -2.06. The van der Waals surface area contributed by atoms with Crippen LogP contribution in [0.15, 0.2) is 79.0 Å². The molecule has 0 unspecified atom stereocenters. The van der Waals surface area contributed by atoms with Crippen molar-refractivity contribution in [1.82, 2.24) is 4.98 Å². The number of alkyl halides is 3. The number of pyridine rings is 1. The maximum Gasteiger partial charge on any atom is 0.418 e. The van der Waals surface area contributed by atoms with E-state index in [1.165, 1.54) is 19.2 Å². The summed E-state index contributed by atoms with van der Waals surface area (Å²) in [4.78, 5) is 15.0. The minimum Gasteiger partial charge on any atom is -0.489 e. The third kappa shape index (κ3) is 4.72. The zero-order chi connectivity index (χ0) is 22.7. The number of fused-ring (bicyclic) bond motifs is 1. The maximum atomic E-state index is 13.4. The highest BCUT2D eigenvalue weighted by Crippen LogP contribution is 2.37. The van der Waals surface area contributed by atoms with Gasteiger partial charge in [0.2, 0.25) is 0 Å². The van der Waals surface area contributed by atoms with E-state index in [1.54, 1.807) is 54.6 Å². The average Bonchev–Trinajstić information content (AvgIpc) is 2.77. The summed E-state index contributed by atoms with van der Waals surface area (Å²) in [7, 11) is 0. The number of carbonyl (C=O) groups is 1. The molecule has 4 rings (SSSR count). The van der Waals surface area contributed by atoms with Crippen LogP contribution >= 0.6 is 0 Å². The molecule has 0 spiro atoms. The molecule has 1 aromatic heterocycles. The number of hydrogen-bond acceptors (Lipinski definition) is 4. The van der Waals surface area contributed by atoms with Gasteiger partial charge in [-0.3, -0.25) is 9.78 Å². The van der Waals surface area contributed by atoms with Crippen molar-refractivity contribution in [2.24, 2.45) is 0 Å². The minimum atomic E-state index is -4.49. The monoisotopic (exact) mass is 437 g/mol. The summed E-state index contributed by atoms with van der Waals surface area (Å²) in [5.41, 5.74) is 1.38. The first-order valence-electron chi connectivity index (χ1n) is 9.77. The Kier molecular flexibility index (Phi) is 5.81. The summed E-state index contributed by atoms with van der Waals surface area (Å²) in [5, 5.41) is 0.417. The zero-order valence-electron chi connectivity index (χ0n) is 17.0. The number of nitrogens with zero attached hydrogens (tertiary/aromatic N) is 1. The molecule has 0 fully saturated rings. The lowest BCUT2D eigenvalue weighted by Gasteiger charge is -2.13. The van der Waals surface area contributed by atoms with E-state index in [0.29, 0.717) is 22.4 Å². The highest BCUT2D eigenvalue weighted by atomic mass is 19.4. The third-order valence-corrected chi connectivity index (χ3v) is 4.81. The molecule has 0 bridgehead atoms. The fraction of sp³-hybridized carbons (Fsp3) is 0.120. The molecule has 0 radical (unpaired) electrons. The smallest absolute Gasteiger partial charge is 0.418 e. The van der Waals surface area contributed by atoms with Gasteiger partial charge >= 0.3 is 12.1 Å². The number of carbonyl (C=O) groups excluding carboxylic acids is 1. The van der Waals surface area contributed by atoms with Crippen molar-refractivity contribution < 1.29 is 27.4 Å². The minimum absolute atomic E-state index is 0.0864.